The Morgan fingerprint density at radius 3 is 2.23 bits per heavy atom. The summed E-state index contributed by atoms with van der Waals surface area (Å²) in [5.41, 5.74) is 4.83. The van der Waals surface area contributed by atoms with Crippen LogP contribution in [-0.2, 0) is 11.7 Å². The average molecular weight is 387 g/mol. The quantitative estimate of drug-likeness (QED) is 0.690. The van der Waals surface area contributed by atoms with Gasteiger partial charge in [-0.3, -0.25) is 4.98 Å². The summed E-state index contributed by atoms with van der Waals surface area (Å²) in [5, 5.41) is 0.398. The number of aromatic nitrogens is 1. The summed E-state index contributed by atoms with van der Waals surface area (Å²) in [4.78, 5) is 4.26. The Kier molecular flexibility index (Phi) is 5.26. The monoisotopic (exact) mass is 386 g/mol. The highest BCUT2D eigenvalue weighted by Gasteiger charge is 2.42. The van der Waals surface area contributed by atoms with Crippen molar-refractivity contribution in [2.75, 3.05) is 0 Å². The van der Waals surface area contributed by atoms with Crippen molar-refractivity contribution in [1.82, 2.24) is 4.98 Å². The third-order valence-corrected chi connectivity index (χ3v) is 5.33. The molecule has 1 aromatic carbocycles. The fourth-order valence-electron chi connectivity index (χ4n) is 3.76. The second-order valence-corrected chi connectivity index (χ2v) is 7.23. The first-order chi connectivity index (χ1) is 12.2. The molecule has 1 aliphatic carbocycles. The normalized spacial score (nSPS) is 18.5. The minimum atomic E-state index is -4.66. The summed E-state index contributed by atoms with van der Waals surface area (Å²) in [6, 6.07) is 5.71. The maximum absolute atomic E-state index is 14.0. The highest BCUT2D eigenvalue weighted by Crippen LogP contribution is 2.43. The SMILES string of the molecule is N[C@](c1cc(F)cc(C(F)(F)F)c1)(c1ccc(Cl)cn1)C1CCCCC1. The van der Waals surface area contributed by atoms with E-state index in [0.29, 0.717) is 16.8 Å². The van der Waals surface area contributed by atoms with Gasteiger partial charge in [0.1, 0.15) is 5.82 Å². The molecule has 7 heteroatoms. The largest absolute Gasteiger partial charge is 0.416 e. The predicted octanol–water partition coefficient (Wildman–Crippen LogP) is 5.68. The van der Waals surface area contributed by atoms with Crippen molar-refractivity contribution in [2.45, 2.75) is 43.8 Å². The number of hydrogen-bond acceptors (Lipinski definition) is 2. The summed E-state index contributed by atoms with van der Waals surface area (Å²) in [5.74, 6) is -1.10. The van der Waals surface area contributed by atoms with Crippen LogP contribution in [0.4, 0.5) is 17.6 Å². The van der Waals surface area contributed by atoms with Crippen LogP contribution in [0, 0.1) is 11.7 Å². The van der Waals surface area contributed by atoms with E-state index < -0.39 is 23.1 Å². The van der Waals surface area contributed by atoms with Gasteiger partial charge in [-0.15, -0.1) is 0 Å². The molecule has 0 saturated heterocycles. The highest BCUT2D eigenvalue weighted by molar-refractivity contribution is 6.30. The lowest BCUT2D eigenvalue weighted by molar-refractivity contribution is -0.137. The molecular weight excluding hydrogens is 368 g/mol. The van der Waals surface area contributed by atoms with Crippen molar-refractivity contribution >= 4 is 11.6 Å². The first-order valence-corrected chi connectivity index (χ1v) is 8.88. The maximum atomic E-state index is 14.0. The van der Waals surface area contributed by atoms with Gasteiger partial charge in [-0.25, -0.2) is 4.39 Å². The van der Waals surface area contributed by atoms with Crippen molar-refractivity contribution in [3.8, 4) is 0 Å². The molecule has 1 aliphatic rings. The summed E-state index contributed by atoms with van der Waals surface area (Å²) >= 11 is 5.89. The summed E-state index contributed by atoms with van der Waals surface area (Å²) in [6.07, 6.45) is 1.16. The summed E-state index contributed by atoms with van der Waals surface area (Å²) < 4.78 is 53.6. The number of rotatable bonds is 3. The number of alkyl halides is 3. The lowest BCUT2D eigenvalue weighted by Crippen LogP contribution is -2.47. The van der Waals surface area contributed by atoms with E-state index in [1.54, 1.807) is 12.1 Å². The molecule has 0 radical (unpaired) electrons. The van der Waals surface area contributed by atoms with E-state index in [-0.39, 0.29) is 11.5 Å². The molecule has 1 heterocycles. The molecule has 26 heavy (non-hydrogen) atoms. The third-order valence-electron chi connectivity index (χ3n) is 5.10. The van der Waals surface area contributed by atoms with Crippen molar-refractivity contribution in [2.24, 2.45) is 11.7 Å². The highest BCUT2D eigenvalue weighted by atomic mass is 35.5. The molecule has 0 amide bonds. The van der Waals surface area contributed by atoms with Gasteiger partial charge in [0.25, 0.3) is 0 Å². The number of nitrogens with zero attached hydrogens (tertiary/aromatic N) is 1. The van der Waals surface area contributed by atoms with Crippen LogP contribution in [0.15, 0.2) is 36.5 Å². The zero-order chi connectivity index (χ0) is 18.9. The van der Waals surface area contributed by atoms with Gasteiger partial charge in [-0.2, -0.15) is 13.2 Å². The van der Waals surface area contributed by atoms with Crippen molar-refractivity contribution in [1.29, 1.82) is 0 Å². The molecule has 1 saturated carbocycles. The van der Waals surface area contributed by atoms with Crippen molar-refractivity contribution < 1.29 is 17.6 Å². The average Bonchev–Trinajstić information content (AvgIpc) is 2.61. The molecule has 3 rings (SSSR count). The molecule has 0 unspecified atom stereocenters. The minimum Gasteiger partial charge on any atom is -0.316 e. The summed E-state index contributed by atoms with van der Waals surface area (Å²) in [6.45, 7) is 0. The zero-order valence-corrected chi connectivity index (χ0v) is 14.7. The fraction of sp³-hybridized carbons (Fsp3) is 0.421. The minimum absolute atomic E-state index is 0.0894. The summed E-state index contributed by atoms with van der Waals surface area (Å²) in [7, 11) is 0. The van der Waals surface area contributed by atoms with Gasteiger partial charge in [-0.05, 0) is 54.7 Å². The molecule has 0 aliphatic heterocycles. The number of benzene rings is 1. The molecule has 140 valence electrons. The van der Waals surface area contributed by atoms with Crippen molar-refractivity contribution in [3.63, 3.8) is 0 Å². The van der Waals surface area contributed by atoms with Crippen LogP contribution < -0.4 is 5.73 Å². The molecule has 0 spiro atoms. The Balaban J connectivity index is 2.17. The number of halogens is 5. The number of hydrogen-bond donors (Lipinski definition) is 1. The van der Waals surface area contributed by atoms with Crippen LogP contribution in [0.25, 0.3) is 0 Å². The van der Waals surface area contributed by atoms with Crippen LogP contribution in [0.2, 0.25) is 5.02 Å². The van der Waals surface area contributed by atoms with E-state index in [2.05, 4.69) is 4.98 Å². The van der Waals surface area contributed by atoms with Gasteiger partial charge in [0.2, 0.25) is 0 Å². The second-order valence-electron chi connectivity index (χ2n) is 6.79. The zero-order valence-electron chi connectivity index (χ0n) is 14.0. The van der Waals surface area contributed by atoms with E-state index in [4.69, 9.17) is 17.3 Å². The molecular formula is C19H19ClF4N2. The second kappa shape index (κ2) is 7.16. The van der Waals surface area contributed by atoms with Gasteiger partial charge >= 0.3 is 6.18 Å². The first-order valence-electron chi connectivity index (χ1n) is 8.50. The van der Waals surface area contributed by atoms with E-state index in [0.717, 1.165) is 44.2 Å². The van der Waals surface area contributed by atoms with E-state index >= 15 is 0 Å². The predicted molar refractivity (Wildman–Crippen MR) is 92.2 cm³/mol. The maximum Gasteiger partial charge on any atom is 0.416 e. The van der Waals surface area contributed by atoms with Crippen molar-refractivity contribution in [3.05, 3.63) is 64.2 Å². The molecule has 1 aromatic heterocycles. The van der Waals surface area contributed by atoms with Gasteiger partial charge in [0.05, 0.1) is 21.8 Å². The van der Waals surface area contributed by atoms with Gasteiger partial charge in [0.15, 0.2) is 0 Å². The Morgan fingerprint density at radius 2 is 1.65 bits per heavy atom. The topological polar surface area (TPSA) is 38.9 Å². The lowest BCUT2D eigenvalue weighted by atomic mass is 9.69. The molecule has 2 N–H and O–H groups in total. The van der Waals surface area contributed by atoms with E-state index in [1.807, 2.05) is 0 Å². The molecule has 2 nitrogen and oxygen atoms in total. The lowest BCUT2D eigenvalue weighted by Gasteiger charge is -2.40. The number of nitrogens with two attached hydrogens (primary N) is 1. The molecule has 0 bridgehead atoms. The Labute approximate surface area is 154 Å². The Morgan fingerprint density at radius 1 is 1.00 bits per heavy atom. The Hall–Kier alpha value is -1.66. The van der Waals surface area contributed by atoms with Gasteiger partial charge < -0.3 is 5.73 Å². The van der Waals surface area contributed by atoms with Crippen LogP contribution in [0.3, 0.4) is 0 Å². The van der Waals surface area contributed by atoms with Gasteiger partial charge in [-0.1, -0.05) is 30.9 Å². The molecule has 1 atom stereocenters. The van der Waals surface area contributed by atoms with Crippen LogP contribution in [-0.4, -0.2) is 4.98 Å². The van der Waals surface area contributed by atoms with Crippen LogP contribution >= 0.6 is 11.6 Å². The smallest absolute Gasteiger partial charge is 0.316 e. The number of pyridine rings is 1. The molecule has 2 aromatic rings. The standard InChI is InChI=1S/C19H19ClF4N2/c20-15-6-7-17(26-11-15)18(25,12-4-2-1-3-5-12)13-8-14(19(22,23)24)10-16(21)9-13/h6-12H,1-5,25H2/t18-/m1/s1. The third kappa shape index (κ3) is 3.71. The first kappa shape index (κ1) is 19.1. The van der Waals surface area contributed by atoms with E-state index in [9.17, 15) is 17.6 Å². The van der Waals surface area contributed by atoms with E-state index in [1.165, 1.54) is 6.20 Å². The Bertz CT molecular complexity index is 770. The fourth-order valence-corrected chi connectivity index (χ4v) is 3.88. The van der Waals surface area contributed by atoms with Crippen LogP contribution in [0.1, 0.15) is 48.9 Å². The van der Waals surface area contributed by atoms with Crippen LogP contribution in [0.5, 0.6) is 0 Å². The molecule has 1 fully saturated rings. The van der Waals surface area contributed by atoms with Gasteiger partial charge in [0, 0.05) is 6.20 Å².